The van der Waals surface area contributed by atoms with Crippen molar-refractivity contribution in [2.24, 2.45) is 7.05 Å². The molecule has 1 aromatic heterocycles. The lowest BCUT2D eigenvalue weighted by atomic mass is 10.3. The van der Waals surface area contributed by atoms with E-state index in [0.29, 0.717) is 22.8 Å². The van der Waals surface area contributed by atoms with E-state index in [9.17, 15) is 9.00 Å². The monoisotopic (exact) mass is 370 g/mol. The first-order valence-electron chi connectivity index (χ1n) is 6.35. The number of carbonyl (C=O) groups excluding carboxylic acids is 1. The number of ether oxygens (including phenoxy) is 1. The minimum absolute atomic E-state index is 0.209. The molecule has 0 aliphatic heterocycles. The van der Waals surface area contributed by atoms with Crippen molar-refractivity contribution in [3.05, 3.63) is 46.2 Å². The summed E-state index contributed by atoms with van der Waals surface area (Å²) in [7, 11) is 0.456. The second kappa shape index (κ2) is 7.00. The lowest BCUT2D eigenvalue weighted by Crippen LogP contribution is -2.11. The Morgan fingerprint density at radius 3 is 2.90 bits per heavy atom. The molecule has 0 bridgehead atoms. The third-order valence-electron chi connectivity index (χ3n) is 2.88. The van der Waals surface area contributed by atoms with Crippen LogP contribution in [0.4, 0.5) is 0 Å². The quantitative estimate of drug-likeness (QED) is 0.759. The largest absolute Gasteiger partial charge is 0.462 e. The molecule has 0 N–H and O–H groups in total. The molecule has 0 aliphatic rings. The SMILES string of the molecule is CCOC(=O)c1cnn(C)c1CS(=O)c1cccc(Br)c1. The number of halogens is 1. The Hall–Kier alpha value is -1.47. The summed E-state index contributed by atoms with van der Waals surface area (Å²) in [6, 6.07) is 7.29. The third kappa shape index (κ3) is 3.79. The first-order chi connectivity index (χ1) is 10.0. The van der Waals surface area contributed by atoms with Crippen LogP contribution in [-0.2, 0) is 28.3 Å². The summed E-state index contributed by atoms with van der Waals surface area (Å²) in [4.78, 5) is 12.6. The zero-order valence-corrected chi connectivity index (χ0v) is 14.1. The predicted molar refractivity (Wildman–Crippen MR) is 83.4 cm³/mol. The molecule has 0 saturated heterocycles. The number of aromatic nitrogens is 2. The maximum atomic E-state index is 12.4. The maximum absolute atomic E-state index is 12.4. The lowest BCUT2D eigenvalue weighted by Gasteiger charge is -2.07. The average molecular weight is 371 g/mol. The molecular weight excluding hydrogens is 356 g/mol. The van der Waals surface area contributed by atoms with Crippen molar-refractivity contribution in [2.75, 3.05) is 6.61 Å². The molecule has 0 aliphatic carbocycles. The summed E-state index contributed by atoms with van der Waals surface area (Å²) in [5.41, 5.74) is 0.967. The van der Waals surface area contributed by atoms with Crippen LogP contribution < -0.4 is 0 Å². The second-order valence-electron chi connectivity index (χ2n) is 4.30. The van der Waals surface area contributed by atoms with Crippen LogP contribution in [-0.4, -0.2) is 26.6 Å². The molecule has 0 amide bonds. The Kier molecular flexibility index (Phi) is 5.30. The molecule has 2 rings (SSSR count). The molecule has 5 nitrogen and oxygen atoms in total. The Balaban J connectivity index is 2.25. The zero-order valence-electron chi connectivity index (χ0n) is 11.7. The molecule has 0 spiro atoms. The number of hydrogen-bond donors (Lipinski definition) is 0. The van der Waals surface area contributed by atoms with Crippen LogP contribution in [0, 0.1) is 0 Å². The van der Waals surface area contributed by atoms with Gasteiger partial charge in [-0.25, -0.2) is 4.79 Å². The van der Waals surface area contributed by atoms with E-state index in [-0.39, 0.29) is 5.75 Å². The predicted octanol–water partition coefficient (Wildman–Crippen LogP) is 2.67. The van der Waals surface area contributed by atoms with E-state index in [1.807, 2.05) is 12.1 Å². The van der Waals surface area contributed by atoms with E-state index in [0.717, 1.165) is 4.47 Å². The van der Waals surface area contributed by atoms with Gasteiger partial charge in [-0.3, -0.25) is 8.89 Å². The lowest BCUT2D eigenvalue weighted by molar-refractivity contribution is 0.0525. The van der Waals surface area contributed by atoms with E-state index in [1.165, 1.54) is 6.20 Å². The number of esters is 1. The van der Waals surface area contributed by atoms with Gasteiger partial charge in [0, 0.05) is 16.4 Å². The number of benzene rings is 1. The first-order valence-corrected chi connectivity index (χ1v) is 8.46. The molecule has 0 radical (unpaired) electrons. The highest BCUT2D eigenvalue weighted by molar-refractivity contribution is 9.10. The van der Waals surface area contributed by atoms with E-state index in [1.54, 1.807) is 30.8 Å². The van der Waals surface area contributed by atoms with Crippen molar-refractivity contribution in [3.63, 3.8) is 0 Å². The molecule has 1 heterocycles. The van der Waals surface area contributed by atoms with Crippen LogP contribution >= 0.6 is 15.9 Å². The summed E-state index contributed by atoms with van der Waals surface area (Å²) in [6.45, 7) is 2.04. The van der Waals surface area contributed by atoms with Crippen LogP contribution in [0.5, 0.6) is 0 Å². The number of carbonyl (C=O) groups is 1. The number of aryl methyl sites for hydroxylation is 1. The van der Waals surface area contributed by atoms with Gasteiger partial charge in [0.15, 0.2) is 0 Å². The normalized spacial score (nSPS) is 12.1. The number of hydrogen-bond acceptors (Lipinski definition) is 4. The van der Waals surface area contributed by atoms with E-state index in [4.69, 9.17) is 4.74 Å². The van der Waals surface area contributed by atoms with Gasteiger partial charge in [0.2, 0.25) is 0 Å². The van der Waals surface area contributed by atoms with Crippen LogP contribution in [0.1, 0.15) is 23.0 Å². The van der Waals surface area contributed by atoms with E-state index in [2.05, 4.69) is 21.0 Å². The van der Waals surface area contributed by atoms with Gasteiger partial charge in [-0.2, -0.15) is 5.10 Å². The van der Waals surface area contributed by atoms with Crippen molar-refractivity contribution in [1.29, 1.82) is 0 Å². The van der Waals surface area contributed by atoms with Crippen molar-refractivity contribution in [1.82, 2.24) is 9.78 Å². The molecular formula is C14H15BrN2O3S. The van der Waals surface area contributed by atoms with Gasteiger partial charge in [0.05, 0.1) is 35.1 Å². The topological polar surface area (TPSA) is 61.2 Å². The van der Waals surface area contributed by atoms with Gasteiger partial charge in [-0.1, -0.05) is 22.0 Å². The van der Waals surface area contributed by atoms with Crippen molar-refractivity contribution >= 4 is 32.7 Å². The van der Waals surface area contributed by atoms with Gasteiger partial charge in [-0.05, 0) is 25.1 Å². The Morgan fingerprint density at radius 1 is 1.48 bits per heavy atom. The van der Waals surface area contributed by atoms with Gasteiger partial charge in [0.25, 0.3) is 0 Å². The Bertz CT molecular complexity index is 685. The van der Waals surface area contributed by atoms with Gasteiger partial charge in [-0.15, -0.1) is 0 Å². The first kappa shape index (κ1) is 15.9. The summed E-state index contributed by atoms with van der Waals surface area (Å²) < 4.78 is 19.9. The van der Waals surface area contributed by atoms with Crippen LogP contribution in [0.3, 0.4) is 0 Å². The van der Waals surface area contributed by atoms with Gasteiger partial charge < -0.3 is 4.74 Å². The smallest absolute Gasteiger partial charge is 0.341 e. The van der Waals surface area contributed by atoms with Crippen LogP contribution in [0.15, 0.2) is 39.8 Å². The summed E-state index contributed by atoms with van der Waals surface area (Å²) in [5.74, 6) is -0.229. The second-order valence-corrected chi connectivity index (χ2v) is 6.66. The van der Waals surface area contributed by atoms with Crippen LogP contribution in [0.2, 0.25) is 0 Å². The fourth-order valence-electron chi connectivity index (χ4n) is 1.83. The highest BCUT2D eigenvalue weighted by Crippen LogP contribution is 2.19. The standard InChI is InChI=1S/C14H15BrN2O3S/c1-3-20-14(18)12-8-16-17(2)13(12)9-21(19)11-6-4-5-10(15)7-11/h4-8H,3,9H2,1-2H3. The molecule has 112 valence electrons. The van der Waals surface area contributed by atoms with E-state index < -0.39 is 16.8 Å². The third-order valence-corrected chi connectivity index (χ3v) is 4.69. The molecule has 0 saturated carbocycles. The summed E-state index contributed by atoms with van der Waals surface area (Å²) in [5, 5.41) is 4.06. The summed E-state index contributed by atoms with van der Waals surface area (Å²) in [6.07, 6.45) is 1.45. The minimum Gasteiger partial charge on any atom is -0.462 e. The van der Waals surface area contributed by atoms with Gasteiger partial charge >= 0.3 is 5.97 Å². The minimum atomic E-state index is -1.26. The van der Waals surface area contributed by atoms with Crippen molar-refractivity contribution in [3.8, 4) is 0 Å². The number of rotatable bonds is 5. The molecule has 1 atom stereocenters. The molecule has 1 aromatic carbocycles. The fraction of sp³-hybridized carbons (Fsp3) is 0.286. The zero-order chi connectivity index (χ0) is 15.4. The molecule has 21 heavy (non-hydrogen) atoms. The van der Waals surface area contributed by atoms with E-state index >= 15 is 0 Å². The highest BCUT2D eigenvalue weighted by atomic mass is 79.9. The highest BCUT2D eigenvalue weighted by Gasteiger charge is 2.19. The van der Waals surface area contributed by atoms with Crippen molar-refractivity contribution in [2.45, 2.75) is 17.6 Å². The molecule has 2 aromatic rings. The average Bonchev–Trinajstić information content (AvgIpc) is 2.80. The van der Waals surface area contributed by atoms with Crippen LogP contribution in [0.25, 0.3) is 0 Å². The Labute approximate surface area is 133 Å². The molecule has 1 unspecified atom stereocenters. The number of nitrogens with zero attached hydrogens (tertiary/aromatic N) is 2. The summed E-state index contributed by atoms with van der Waals surface area (Å²) >= 11 is 3.35. The fourth-order valence-corrected chi connectivity index (χ4v) is 3.63. The Morgan fingerprint density at radius 2 is 2.24 bits per heavy atom. The maximum Gasteiger partial charge on any atom is 0.341 e. The van der Waals surface area contributed by atoms with Crippen molar-refractivity contribution < 1.29 is 13.7 Å². The molecule has 7 heteroatoms. The molecule has 0 fully saturated rings. The van der Waals surface area contributed by atoms with Gasteiger partial charge in [0.1, 0.15) is 5.56 Å².